The Balaban J connectivity index is 1.36. The summed E-state index contributed by atoms with van der Waals surface area (Å²) < 4.78 is 0. The molecule has 154 valence electrons. The van der Waals surface area contributed by atoms with Crippen LogP contribution in [0.4, 0.5) is 5.69 Å². The predicted molar refractivity (Wildman–Crippen MR) is 114 cm³/mol. The number of nitrogens with zero attached hydrogens (tertiary/aromatic N) is 1. The van der Waals surface area contributed by atoms with Gasteiger partial charge in [0, 0.05) is 31.1 Å². The average molecular weight is 394 g/mol. The smallest absolute Gasteiger partial charge is 0.258 e. The number of benzene rings is 1. The summed E-state index contributed by atoms with van der Waals surface area (Å²) in [5.41, 5.74) is 1.73. The zero-order valence-electron chi connectivity index (χ0n) is 17.4. The summed E-state index contributed by atoms with van der Waals surface area (Å²) in [6, 6.07) is 8.03. The van der Waals surface area contributed by atoms with Crippen LogP contribution in [0.3, 0.4) is 0 Å². The van der Waals surface area contributed by atoms with E-state index < -0.39 is 5.66 Å². The molecule has 2 amide bonds. The van der Waals surface area contributed by atoms with Gasteiger partial charge in [0.15, 0.2) is 0 Å². The van der Waals surface area contributed by atoms with Gasteiger partial charge in [0.05, 0.1) is 0 Å². The van der Waals surface area contributed by atoms with E-state index in [2.05, 4.69) is 29.5 Å². The molecule has 0 atom stereocenters. The maximum atomic E-state index is 13.0. The van der Waals surface area contributed by atoms with Gasteiger partial charge in [-0.15, -0.1) is 0 Å². The van der Waals surface area contributed by atoms with Gasteiger partial charge >= 0.3 is 0 Å². The van der Waals surface area contributed by atoms with E-state index in [9.17, 15) is 9.59 Å². The number of carbonyl (C=O) groups excluding carboxylic acids is 2. The van der Waals surface area contributed by atoms with Gasteiger partial charge in [-0.2, -0.15) is 0 Å². The van der Waals surface area contributed by atoms with Crippen molar-refractivity contribution in [1.82, 2.24) is 10.6 Å². The number of carbonyl (C=O) groups is 2. The van der Waals surface area contributed by atoms with E-state index in [1.165, 1.54) is 6.42 Å². The fourth-order valence-electron chi connectivity index (χ4n) is 6.57. The lowest BCUT2D eigenvalue weighted by Gasteiger charge is -2.62. The summed E-state index contributed by atoms with van der Waals surface area (Å²) in [5.74, 6) is 1.93. The van der Waals surface area contributed by atoms with Crippen molar-refractivity contribution >= 4 is 23.6 Å². The summed E-state index contributed by atoms with van der Waals surface area (Å²) >= 11 is 0. The summed E-state index contributed by atoms with van der Waals surface area (Å²) in [6.07, 6.45) is 8.71. The molecule has 1 spiro atoms. The summed E-state index contributed by atoms with van der Waals surface area (Å²) in [5, 5.41) is 6.55. The number of nitrogens with one attached hydrogen (secondary N) is 2. The average Bonchev–Trinajstić information content (AvgIpc) is 2.69. The third-order valence-electron chi connectivity index (χ3n) is 7.76. The van der Waals surface area contributed by atoms with Crippen LogP contribution in [0.5, 0.6) is 0 Å². The van der Waals surface area contributed by atoms with Crippen molar-refractivity contribution in [3.05, 3.63) is 35.4 Å². The molecule has 5 nitrogen and oxygen atoms in total. The molecule has 0 radical (unpaired) electrons. The van der Waals surface area contributed by atoms with Crippen molar-refractivity contribution in [3.63, 3.8) is 0 Å². The lowest BCUT2D eigenvalue weighted by Crippen LogP contribution is -2.76. The van der Waals surface area contributed by atoms with Crippen LogP contribution < -0.4 is 15.5 Å². The minimum atomic E-state index is -0.508. The van der Waals surface area contributed by atoms with Gasteiger partial charge in [0.25, 0.3) is 11.8 Å². The monoisotopic (exact) mass is 393 g/mol. The fourth-order valence-corrected chi connectivity index (χ4v) is 6.57. The first-order valence-corrected chi connectivity index (χ1v) is 11.2. The van der Waals surface area contributed by atoms with Crippen molar-refractivity contribution in [2.45, 2.75) is 51.1 Å². The zero-order valence-corrected chi connectivity index (χ0v) is 17.4. The third-order valence-corrected chi connectivity index (χ3v) is 7.76. The number of hydrogen-bond donors (Lipinski definition) is 2. The minimum absolute atomic E-state index is 0.214. The van der Waals surface area contributed by atoms with Crippen LogP contribution in [0.2, 0.25) is 0 Å². The first kappa shape index (κ1) is 18.7. The Morgan fingerprint density at radius 2 is 1.52 bits per heavy atom. The Morgan fingerprint density at radius 3 is 2.03 bits per heavy atom. The molecule has 5 fully saturated rings. The number of anilines is 1. The maximum Gasteiger partial charge on any atom is 0.258 e. The van der Waals surface area contributed by atoms with Gasteiger partial charge in [-0.05, 0) is 74.1 Å². The van der Waals surface area contributed by atoms with Gasteiger partial charge in [0.1, 0.15) is 11.2 Å². The van der Waals surface area contributed by atoms with Crippen LogP contribution in [0, 0.1) is 23.7 Å². The molecule has 1 saturated heterocycles. The molecule has 5 aliphatic rings. The maximum absolute atomic E-state index is 13.0. The Kier molecular flexibility index (Phi) is 4.45. The topological polar surface area (TPSA) is 61.4 Å². The molecule has 0 unspecified atom stereocenters. The van der Waals surface area contributed by atoms with E-state index in [-0.39, 0.29) is 17.4 Å². The highest BCUT2D eigenvalue weighted by molar-refractivity contribution is 6.23. The molecule has 29 heavy (non-hydrogen) atoms. The van der Waals surface area contributed by atoms with Crippen LogP contribution in [-0.2, 0) is 9.59 Å². The molecule has 0 aromatic heterocycles. The molecule has 1 heterocycles. The first-order valence-electron chi connectivity index (χ1n) is 11.2. The van der Waals surface area contributed by atoms with Crippen LogP contribution in [-0.4, -0.2) is 31.1 Å². The molecule has 1 aliphatic heterocycles. The lowest BCUT2D eigenvalue weighted by atomic mass is 9.51. The van der Waals surface area contributed by atoms with Gasteiger partial charge in [-0.25, -0.2) is 0 Å². The standard InChI is InChI=1S/C24H31N3O2/c1-3-8-27(2)20-6-4-15(5-7-20)14-21-22(28)25-24(26-23(21)29)18-10-16-9-17(12-18)13-19(24)11-16/h4-7,14,16-19H,3,8-13H2,1-2H3,(H,25,28)(H,26,29). The quantitative estimate of drug-likeness (QED) is 0.609. The first-order chi connectivity index (χ1) is 14.0. The molecule has 6 rings (SSSR count). The second-order valence-corrected chi connectivity index (χ2v) is 9.65. The van der Waals surface area contributed by atoms with Gasteiger partial charge in [0.2, 0.25) is 0 Å². The highest BCUT2D eigenvalue weighted by atomic mass is 16.2. The summed E-state index contributed by atoms with van der Waals surface area (Å²) in [4.78, 5) is 28.2. The van der Waals surface area contributed by atoms with Crippen molar-refractivity contribution in [2.75, 3.05) is 18.5 Å². The van der Waals surface area contributed by atoms with E-state index in [4.69, 9.17) is 0 Å². The highest BCUT2D eigenvalue weighted by Crippen LogP contribution is 2.57. The number of amides is 2. The molecule has 1 aromatic carbocycles. The highest BCUT2D eigenvalue weighted by Gasteiger charge is 2.60. The molecule has 4 bridgehead atoms. The molecule has 2 N–H and O–H groups in total. The van der Waals surface area contributed by atoms with Crippen LogP contribution in [0.25, 0.3) is 6.08 Å². The van der Waals surface area contributed by atoms with Crippen LogP contribution in [0.15, 0.2) is 29.8 Å². The molecular formula is C24H31N3O2. The lowest BCUT2D eigenvalue weighted by molar-refractivity contribution is -0.147. The Labute approximate surface area is 172 Å². The number of rotatable bonds is 4. The molecule has 4 saturated carbocycles. The Bertz CT molecular complexity index is 807. The zero-order chi connectivity index (χ0) is 20.2. The molecule has 5 heteroatoms. The molecule has 4 aliphatic carbocycles. The van der Waals surface area contributed by atoms with E-state index in [0.29, 0.717) is 11.8 Å². The summed E-state index contributed by atoms with van der Waals surface area (Å²) in [7, 11) is 2.07. The van der Waals surface area contributed by atoms with Gasteiger partial charge < -0.3 is 15.5 Å². The Morgan fingerprint density at radius 1 is 0.966 bits per heavy atom. The number of hydrogen-bond acceptors (Lipinski definition) is 3. The van der Waals surface area contributed by atoms with E-state index in [1.54, 1.807) is 6.08 Å². The second-order valence-electron chi connectivity index (χ2n) is 9.65. The fraction of sp³-hybridized carbons (Fsp3) is 0.583. The largest absolute Gasteiger partial charge is 0.375 e. The van der Waals surface area contributed by atoms with Crippen molar-refractivity contribution < 1.29 is 9.59 Å². The molecular weight excluding hydrogens is 362 g/mol. The molecule has 1 aromatic rings. The van der Waals surface area contributed by atoms with E-state index >= 15 is 0 Å². The van der Waals surface area contributed by atoms with Crippen molar-refractivity contribution in [2.24, 2.45) is 23.7 Å². The second kappa shape index (κ2) is 6.89. The predicted octanol–water partition coefficient (Wildman–Crippen LogP) is 3.31. The van der Waals surface area contributed by atoms with Crippen LogP contribution in [0.1, 0.15) is 51.0 Å². The van der Waals surface area contributed by atoms with Gasteiger partial charge in [-0.3, -0.25) is 9.59 Å². The summed E-state index contributed by atoms with van der Waals surface area (Å²) in [6.45, 7) is 3.16. The normalized spacial score (nSPS) is 34.9. The van der Waals surface area contributed by atoms with Gasteiger partial charge in [-0.1, -0.05) is 19.1 Å². The van der Waals surface area contributed by atoms with Crippen molar-refractivity contribution in [3.8, 4) is 0 Å². The minimum Gasteiger partial charge on any atom is -0.375 e. The van der Waals surface area contributed by atoms with Crippen molar-refractivity contribution in [1.29, 1.82) is 0 Å². The third kappa shape index (κ3) is 3.06. The van der Waals surface area contributed by atoms with Crippen LogP contribution >= 0.6 is 0 Å². The SMILES string of the molecule is CCCN(C)c1ccc(C=C2C(=O)NC3(NC2=O)C2CC4CC(C2)CC3C4)cc1. The van der Waals surface area contributed by atoms with E-state index in [0.717, 1.165) is 61.7 Å². The van der Waals surface area contributed by atoms with E-state index in [1.807, 2.05) is 24.3 Å². The Hall–Kier alpha value is -2.30.